The van der Waals surface area contributed by atoms with Gasteiger partial charge in [-0.1, -0.05) is 146 Å². The van der Waals surface area contributed by atoms with Crippen LogP contribution in [0.5, 0.6) is 0 Å². The lowest BCUT2D eigenvalue weighted by atomic mass is 10.1. The fourth-order valence-corrected chi connectivity index (χ4v) is 6.59. The van der Waals surface area contributed by atoms with Gasteiger partial charge in [0.15, 0.2) is 11.9 Å². The van der Waals surface area contributed by atoms with Gasteiger partial charge in [-0.25, -0.2) is 4.57 Å². The van der Waals surface area contributed by atoms with Gasteiger partial charge in [-0.2, -0.15) is 0 Å². The van der Waals surface area contributed by atoms with Crippen molar-refractivity contribution in [3.05, 3.63) is 60.8 Å². The van der Waals surface area contributed by atoms with E-state index in [9.17, 15) is 23.8 Å². The molecule has 59 heavy (non-hydrogen) atoms. The van der Waals surface area contributed by atoms with E-state index in [2.05, 4.69) is 50.3 Å². The number of carbonyl (C=O) groups excluding carboxylic acids is 3. The summed E-state index contributed by atoms with van der Waals surface area (Å²) >= 11 is 0. The maximum atomic E-state index is 12.7. The predicted molar refractivity (Wildman–Crippen MR) is 243 cm³/mol. The quantitative estimate of drug-likeness (QED) is 0.0122. The number of hydrogen-bond donors (Lipinski definition) is 1. The molecule has 0 bridgehead atoms. The molecule has 0 heterocycles. The van der Waals surface area contributed by atoms with Crippen LogP contribution in [0.4, 0.5) is 0 Å². The van der Waals surface area contributed by atoms with Gasteiger partial charge in [0, 0.05) is 19.3 Å². The fraction of sp³-hybridized carbons (Fsp3) is 0.729. The molecule has 0 aliphatic rings. The van der Waals surface area contributed by atoms with Gasteiger partial charge < -0.3 is 18.9 Å². The molecule has 340 valence electrons. The molecule has 0 radical (unpaired) electrons. The monoisotopic (exact) mass is 851 g/mol. The van der Waals surface area contributed by atoms with Gasteiger partial charge in [0.1, 0.15) is 19.8 Å². The summed E-state index contributed by atoms with van der Waals surface area (Å²) < 4.78 is 34.1. The third kappa shape index (κ3) is 43.3. The average molecular weight is 851 g/mol. The van der Waals surface area contributed by atoms with Gasteiger partial charge in [0.25, 0.3) is 0 Å². The van der Waals surface area contributed by atoms with Crippen LogP contribution >= 0.6 is 7.82 Å². The van der Waals surface area contributed by atoms with Gasteiger partial charge in [0.05, 0.1) is 27.7 Å². The number of carbonyl (C=O) groups is 3. The van der Waals surface area contributed by atoms with Crippen molar-refractivity contribution >= 4 is 25.5 Å². The van der Waals surface area contributed by atoms with Crippen LogP contribution in [0.1, 0.15) is 174 Å². The molecular weight excluding hydrogens is 765 g/mol. The van der Waals surface area contributed by atoms with Gasteiger partial charge in [-0.15, -0.1) is 0 Å². The Morgan fingerprint density at radius 3 is 1.71 bits per heavy atom. The second-order valence-electron chi connectivity index (χ2n) is 16.5. The summed E-state index contributed by atoms with van der Waals surface area (Å²) in [4.78, 5) is 47.6. The zero-order chi connectivity index (χ0) is 43.7. The second-order valence-corrected chi connectivity index (χ2v) is 17.9. The largest absolute Gasteiger partial charge is 0.472 e. The minimum absolute atomic E-state index is 0.00258. The molecule has 0 saturated carbocycles. The SMILES string of the molecule is CCCCC/C=C\C/C=C\C/C=C\C=C\C(=O)CCCC(=O)OC[C@H](COP(=O)(O)OCC[N+](C)(C)C)OC(=O)CCCCCCCCC/C=C\CCCCCCCC. The molecule has 0 aliphatic carbocycles. The van der Waals surface area contributed by atoms with E-state index in [0.29, 0.717) is 23.9 Å². The molecule has 0 spiro atoms. The Balaban J connectivity index is 4.53. The molecule has 0 rings (SSSR count). The van der Waals surface area contributed by atoms with E-state index in [4.69, 9.17) is 18.5 Å². The van der Waals surface area contributed by atoms with Crippen LogP contribution in [0.25, 0.3) is 0 Å². The molecule has 10 nitrogen and oxygen atoms in total. The highest BCUT2D eigenvalue weighted by molar-refractivity contribution is 7.47. The maximum absolute atomic E-state index is 12.7. The minimum Gasteiger partial charge on any atom is -0.462 e. The Bertz CT molecular complexity index is 1250. The van der Waals surface area contributed by atoms with Crippen molar-refractivity contribution in [2.75, 3.05) is 47.5 Å². The van der Waals surface area contributed by atoms with Crippen molar-refractivity contribution in [2.24, 2.45) is 0 Å². The zero-order valence-electron chi connectivity index (χ0n) is 38.0. The van der Waals surface area contributed by atoms with E-state index < -0.39 is 32.5 Å². The van der Waals surface area contributed by atoms with E-state index in [1.807, 2.05) is 33.3 Å². The number of esters is 2. The molecule has 0 aromatic heterocycles. The van der Waals surface area contributed by atoms with Crippen molar-refractivity contribution in [1.29, 1.82) is 0 Å². The summed E-state index contributed by atoms with van der Waals surface area (Å²) in [6.07, 6.45) is 44.1. The average Bonchev–Trinajstić information content (AvgIpc) is 3.18. The van der Waals surface area contributed by atoms with Crippen LogP contribution in [0.2, 0.25) is 0 Å². The fourth-order valence-electron chi connectivity index (χ4n) is 5.84. The Morgan fingerprint density at radius 2 is 1.08 bits per heavy atom. The van der Waals surface area contributed by atoms with E-state index in [-0.39, 0.29) is 38.3 Å². The summed E-state index contributed by atoms with van der Waals surface area (Å²) in [6.45, 7) is 4.10. The molecule has 0 aromatic rings. The summed E-state index contributed by atoms with van der Waals surface area (Å²) in [5, 5.41) is 0. The van der Waals surface area contributed by atoms with Crippen molar-refractivity contribution in [3.8, 4) is 0 Å². The first-order chi connectivity index (χ1) is 28.4. The highest BCUT2D eigenvalue weighted by atomic mass is 31.2. The number of nitrogens with zero attached hydrogens (tertiary/aromatic N) is 1. The van der Waals surface area contributed by atoms with E-state index in [0.717, 1.165) is 44.9 Å². The minimum atomic E-state index is -4.43. The molecule has 0 fully saturated rings. The molecule has 0 aliphatic heterocycles. The summed E-state index contributed by atoms with van der Waals surface area (Å²) in [5.41, 5.74) is 0. The number of ketones is 1. The number of likely N-dealkylation sites (N-methyl/N-ethyl adjacent to an activating group) is 1. The smallest absolute Gasteiger partial charge is 0.462 e. The summed E-state index contributed by atoms with van der Waals surface area (Å²) in [6, 6.07) is 0. The van der Waals surface area contributed by atoms with Crippen LogP contribution < -0.4 is 0 Å². The molecule has 1 unspecified atom stereocenters. The van der Waals surface area contributed by atoms with Crippen LogP contribution in [0.15, 0.2) is 60.8 Å². The molecule has 11 heteroatoms. The van der Waals surface area contributed by atoms with Crippen LogP contribution in [0.3, 0.4) is 0 Å². The molecule has 1 N–H and O–H groups in total. The standard InChI is InChI=1S/C48H84NO9P/c1-6-8-10-12-14-16-18-20-21-22-23-25-27-29-31-33-35-39-48(52)58-46(44-57-59(53,54)56-42-41-49(3,4)5)43-55-47(51)40-36-38-45(50)37-34-32-30-28-26-24-19-17-15-13-11-9-7-2/h15,17,20-21,24,26,30,32,34,37,46H,6-14,16,18-19,22-23,25,27-29,31,33,35-36,38-44H2,1-5H3/p+1/b17-15-,21-20-,26-24-,32-30-,37-34+/t46-/m1/s1. The molecule has 0 aromatic carbocycles. The number of quaternary nitrogens is 1. The summed E-state index contributed by atoms with van der Waals surface area (Å²) in [7, 11) is 1.34. The predicted octanol–water partition coefficient (Wildman–Crippen LogP) is 12.4. The number of unbranched alkanes of at least 4 members (excludes halogenated alkanes) is 16. The normalized spacial score (nSPS) is 14.0. The lowest BCUT2D eigenvalue weighted by Crippen LogP contribution is -2.37. The second kappa shape index (κ2) is 39.5. The maximum Gasteiger partial charge on any atom is 0.472 e. The van der Waals surface area contributed by atoms with E-state index in [1.54, 1.807) is 6.08 Å². The molecule has 0 saturated heterocycles. The molecule has 0 amide bonds. The highest BCUT2D eigenvalue weighted by Gasteiger charge is 2.27. The van der Waals surface area contributed by atoms with Gasteiger partial charge in [0.2, 0.25) is 0 Å². The topological polar surface area (TPSA) is 125 Å². The van der Waals surface area contributed by atoms with Crippen molar-refractivity contribution in [2.45, 2.75) is 180 Å². The van der Waals surface area contributed by atoms with Gasteiger partial charge in [-0.05, 0) is 70.3 Å². The number of rotatable bonds is 41. The number of phosphoric acid groups is 1. The number of ether oxygens (including phenoxy) is 2. The Kier molecular flexibility index (Phi) is 37.8. The lowest BCUT2D eigenvalue weighted by Gasteiger charge is -2.24. The first-order valence-corrected chi connectivity index (χ1v) is 24.5. The van der Waals surface area contributed by atoms with Crippen molar-refractivity contribution in [1.82, 2.24) is 0 Å². The van der Waals surface area contributed by atoms with Gasteiger partial charge >= 0.3 is 19.8 Å². The molecule has 2 atom stereocenters. The lowest BCUT2D eigenvalue weighted by molar-refractivity contribution is -0.870. The summed E-state index contributed by atoms with van der Waals surface area (Å²) in [5.74, 6) is -1.16. The number of allylic oxidation sites excluding steroid dienone is 10. The first kappa shape index (κ1) is 56.4. The van der Waals surface area contributed by atoms with Crippen molar-refractivity contribution < 1.29 is 46.8 Å². The first-order valence-electron chi connectivity index (χ1n) is 23.0. The Morgan fingerprint density at radius 1 is 0.576 bits per heavy atom. The zero-order valence-corrected chi connectivity index (χ0v) is 38.9. The van der Waals surface area contributed by atoms with Crippen molar-refractivity contribution in [3.63, 3.8) is 0 Å². The third-order valence-corrected chi connectivity index (χ3v) is 10.5. The number of phosphoric ester groups is 1. The Labute approximate surface area is 360 Å². The highest BCUT2D eigenvalue weighted by Crippen LogP contribution is 2.43. The van der Waals surface area contributed by atoms with Crippen LogP contribution in [-0.2, 0) is 37.5 Å². The van der Waals surface area contributed by atoms with E-state index >= 15 is 0 Å². The van der Waals surface area contributed by atoms with Crippen LogP contribution in [0, 0.1) is 0 Å². The third-order valence-electron chi connectivity index (χ3n) is 9.50. The van der Waals surface area contributed by atoms with E-state index in [1.165, 1.54) is 89.5 Å². The van der Waals surface area contributed by atoms with Gasteiger partial charge in [-0.3, -0.25) is 23.4 Å². The Hall–Kier alpha value is -2.62. The van der Waals surface area contributed by atoms with Crippen LogP contribution in [-0.4, -0.2) is 80.7 Å². The number of hydrogen-bond acceptors (Lipinski definition) is 8. The molecular formula is C48H85NO9P+.